The van der Waals surface area contributed by atoms with Crippen molar-refractivity contribution in [2.75, 3.05) is 0 Å². The molecule has 0 aromatic heterocycles. The molecule has 0 aliphatic heterocycles. The summed E-state index contributed by atoms with van der Waals surface area (Å²) in [4.78, 5) is 0. The number of fused-ring (bicyclic) bond motifs is 1. The molecule has 0 saturated carbocycles. The molecule has 0 heterocycles. The van der Waals surface area contributed by atoms with Crippen LogP contribution in [0.15, 0.2) is 53.0 Å². The molecule has 1 nitrogen and oxygen atoms in total. The highest BCUT2D eigenvalue weighted by Gasteiger charge is 2.40. The Labute approximate surface area is 140 Å². The zero-order valence-electron chi connectivity index (χ0n) is 12.9. The maximum Gasteiger partial charge on any atom is 0.151 e. The molecule has 112 valence electrons. The Morgan fingerprint density at radius 1 is 1.00 bits per heavy atom. The van der Waals surface area contributed by atoms with Crippen LogP contribution in [-0.4, -0.2) is 5.11 Å². The summed E-state index contributed by atoms with van der Waals surface area (Å²) in [5, 5.41) is 11.1. The van der Waals surface area contributed by atoms with Gasteiger partial charge in [-0.3, -0.25) is 0 Å². The highest BCUT2D eigenvalue weighted by molar-refractivity contribution is 9.10. The topological polar surface area (TPSA) is 20.2 Å². The number of halogens is 1. The Morgan fingerprint density at radius 2 is 1.73 bits per heavy atom. The minimum Gasteiger partial charge on any atom is -0.373 e. The fourth-order valence-electron chi connectivity index (χ4n) is 3.03. The van der Waals surface area contributed by atoms with E-state index < -0.39 is 5.60 Å². The van der Waals surface area contributed by atoms with Gasteiger partial charge in [0.15, 0.2) is 5.60 Å². The number of benzene rings is 2. The molecule has 0 unspecified atom stereocenters. The molecular weight excluding hydrogens is 336 g/mol. The standard InChI is InChI=1S/C20H19BrO/c1-19(2)12-13-20(22,11-10-15-6-4-3-5-7-15)17-9-8-16(21)14-18(17)19/h3-9,14,22H,12-13H2,1-2H3/t20-/m1/s1. The largest absolute Gasteiger partial charge is 0.373 e. The molecule has 2 aromatic rings. The van der Waals surface area contributed by atoms with Crippen molar-refractivity contribution in [3.63, 3.8) is 0 Å². The molecule has 1 N–H and O–H groups in total. The summed E-state index contributed by atoms with van der Waals surface area (Å²) in [6.07, 6.45) is 1.57. The third-order valence-electron chi connectivity index (χ3n) is 4.46. The SMILES string of the molecule is CC1(C)CC[C@](O)(C#Cc2ccccc2)c2ccc(Br)cc21. The Bertz CT molecular complexity index is 752. The fourth-order valence-corrected chi connectivity index (χ4v) is 3.39. The maximum atomic E-state index is 11.1. The van der Waals surface area contributed by atoms with E-state index in [1.54, 1.807) is 0 Å². The lowest BCUT2D eigenvalue weighted by atomic mass is 9.67. The number of hydrogen-bond acceptors (Lipinski definition) is 1. The van der Waals surface area contributed by atoms with Gasteiger partial charge in [0.2, 0.25) is 0 Å². The zero-order valence-corrected chi connectivity index (χ0v) is 14.4. The van der Waals surface area contributed by atoms with Crippen LogP contribution in [0.25, 0.3) is 0 Å². The average Bonchev–Trinajstić information content (AvgIpc) is 2.51. The van der Waals surface area contributed by atoms with E-state index in [0.717, 1.165) is 22.0 Å². The van der Waals surface area contributed by atoms with E-state index in [0.29, 0.717) is 6.42 Å². The van der Waals surface area contributed by atoms with Gasteiger partial charge in [0.05, 0.1) is 0 Å². The maximum absolute atomic E-state index is 11.1. The number of aliphatic hydroxyl groups is 1. The predicted molar refractivity (Wildman–Crippen MR) is 93.6 cm³/mol. The van der Waals surface area contributed by atoms with Gasteiger partial charge in [-0.25, -0.2) is 0 Å². The first-order valence-electron chi connectivity index (χ1n) is 7.52. The average molecular weight is 355 g/mol. The van der Waals surface area contributed by atoms with Crippen LogP contribution in [0.3, 0.4) is 0 Å². The summed E-state index contributed by atoms with van der Waals surface area (Å²) in [6.45, 7) is 4.45. The van der Waals surface area contributed by atoms with Gasteiger partial charge in [-0.15, -0.1) is 0 Å². The first-order chi connectivity index (χ1) is 10.4. The quantitative estimate of drug-likeness (QED) is 0.676. The molecular formula is C20H19BrO. The van der Waals surface area contributed by atoms with E-state index in [1.807, 2.05) is 42.5 Å². The van der Waals surface area contributed by atoms with Gasteiger partial charge in [0, 0.05) is 10.0 Å². The molecule has 3 rings (SSSR count). The van der Waals surface area contributed by atoms with E-state index in [-0.39, 0.29) is 5.41 Å². The van der Waals surface area contributed by atoms with Gasteiger partial charge < -0.3 is 5.11 Å². The van der Waals surface area contributed by atoms with Crippen molar-refractivity contribution in [3.05, 3.63) is 69.7 Å². The van der Waals surface area contributed by atoms with Gasteiger partial charge in [0.25, 0.3) is 0 Å². The lowest BCUT2D eigenvalue weighted by molar-refractivity contribution is 0.0675. The molecule has 0 saturated heterocycles. The van der Waals surface area contributed by atoms with E-state index in [1.165, 1.54) is 5.56 Å². The summed E-state index contributed by atoms with van der Waals surface area (Å²) in [5.41, 5.74) is 2.04. The summed E-state index contributed by atoms with van der Waals surface area (Å²) < 4.78 is 1.04. The van der Waals surface area contributed by atoms with Crippen LogP contribution < -0.4 is 0 Å². The van der Waals surface area contributed by atoms with Crippen molar-refractivity contribution in [2.45, 2.75) is 37.7 Å². The van der Waals surface area contributed by atoms with Gasteiger partial charge in [-0.1, -0.05) is 65.9 Å². The summed E-state index contributed by atoms with van der Waals surface area (Å²) in [6, 6.07) is 15.9. The highest BCUT2D eigenvalue weighted by atomic mass is 79.9. The smallest absolute Gasteiger partial charge is 0.151 e. The fraction of sp³-hybridized carbons (Fsp3) is 0.300. The Balaban J connectivity index is 2.08. The Morgan fingerprint density at radius 3 is 2.45 bits per heavy atom. The molecule has 22 heavy (non-hydrogen) atoms. The molecule has 2 aromatic carbocycles. The third-order valence-corrected chi connectivity index (χ3v) is 4.95. The minimum absolute atomic E-state index is 0.0553. The molecule has 0 spiro atoms. The molecule has 0 radical (unpaired) electrons. The van der Waals surface area contributed by atoms with Crippen molar-refractivity contribution in [1.82, 2.24) is 0 Å². The summed E-state index contributed by atoms with van der Waals surface area (Å²) >= 11 is 3.54. The van der Waals surface area contributed by atoms with Gasteiger partial charge in [-0.05, 0) is 53.6 Å². The van der Waals surface area contributed by atoms with E-state index in [2.05, 4.69) is 47.7 Å². The van der Waals surface area contributed by atoms with Crippen LogP contribution in [0, 0.1) is 11.8 Å². The summed E-state index contributed by atoms with van der Waals surface area (Å²) in [7, 11) is 0. The normalized spacial score (nSPS) is 22.4. The van der Waals surface area contributed by atoms with Crippen molar-refractivity contribution in [2.24, 2.45) is 0 Å². The molecule has 0 amide bonds. The lowest BCUT2D eigenvalue weighted by Gasteiger charge is -2.40. The lowest BCUT2D eigenvalue weighted by Crippen LogP contribution is -2.36. The minimum atomic E-state index is -1.07. The van der Waals surface area contributed by atoms with Crippen molar-refractivity contribution in [3.8, 4) is 11.8 Å². The summed E-state index contributed by atoms with van der Waals surface area (Å²) in [5.74, 6) is 6.24. The van der Waals surface area contributed by atoms with Gasteiger partial charge in [-0.2, -0.15) is 0 Å². The van der Waals surface area contributed by atoms with Gasteiger partial charge in [0.1, 0.15) is 0 Å². The second-order valence-corrected chi connectivity index (χ2v) is 7.47. The molecule has 2 heteroatoms. The van der Waals surface area contributed by atoms with Crippen LogP contribution in [-0.2, 0) is 11.0 Å². The molecule has 1 aliphatic carbocycles. The predicted octanol–water partition coefficient (Wildman–Crippen LogP) is 4.76. The van der Waals surface area contributed by atoms with Crippen LogP contribution in [0.2, 0.25) is 0 Å². The Hall–Kier alpha value is -1.56. The van der Waals surface area contributed by atoms with E-state index >= 15 is 0 Å². The molecule has 1 aliphatic rings. The van der Waals surface area contributed by atoms with Crippen molar-refractivity contribution in [1.29, 1.82) is 0 Å². The van der Waals surface area contributed by atoms with Crippen LogP contribution >= 0.6 is 15.9 Å². The molecule has 0 fully saturated rings. The Kier molecular flexibility index (Phi) is 3.89. The number of rotatable bonds is 0. The van der Waals surface area contributed by atoms with Crippen molar-refractivity contribution >= 4 is 15.9 Å². The second-order valence-electron chi connectivity index (χ2n) is 6.55. The monoisotopic (exact) mass is 354 g/mol. The molecule has 1 atom stereocenters. The van der Waals surface area contributed by atoms with Crippen LogP contribution in [0.1, 0.15) is 43.4 Å². The van der Waals surface area contributed by atoms with E-state index in [4.69, 9.17) is 0 Å². The van der Waals surface area contributed by atoms with Crippen molar-refractivity contribution < 1.29 is 5.11 Å². The van der Waals surface area contributed by atoms with Crippen LogP contribution in [0.4, 0.5) is 0 Å². The zero-order chi connectivity index (χ0) is 15.8. The highest BCUT2D eigenvalue weighted by Crippen LogP contribution is 2.45. The van der Waals surface area contributed by atoms with Crippen LogP contribution in [0.5, 0.6) is 0 Å². The van der Waals surface area contributed by atoms with Gasteiger partial charge >= 0.3 is 0 Å². The number of hydrogen-bond donors (Lipinski definition) is 1. The third kappa shape index (κ3) is 2.84. The second kappa shape index (κ2) is 5.57. The molecule has 0 bridgehead atoms. The first-order valence-corrected chi connectivity index (χ1v) is 8.31. The first kappa shape index (κ1) is 15.3. The van der Waals surface area contributed by atoms with E-state index in [9.17, 15) is 5.11 Å².